The highest BCUT2D eigenvalue weighted by Crippen LogP contribution is 2.02. The summed E-state index contributed by atoms with van der Waals surface area (Å²) in [7, 11) is 0. The van der Waals surface area contributed by atoms with Gasteiger partial charge in [0, 0.05) is 6.20 Å². The Labute approximate surface area is 68.0 Å². The van der Waals surface area contributed by atoms with Crippen LogP contribution >= 0.6 is 0 Å². The van der Waals surface area contributed by atoms with Crippen LogP contribution in [0.25, 0.3) is 0 Å². The molecule has 0 rings (SSSR count). The molecule has 0 aliphatic carbocycles. The first-order chi connectivity index (χ1) is 5.20. The maximum Gasteiger partial charge on any atom is 0.142 e. The van der Waals surface area contributed by atoms with Gasteiger partial charge >= 0.3 is 0 Å². The third kappa shape index (κ3) is 5.43. The van der Waals surface area contributed by atoms with Crippen LogP contribution < -0.4 is 5.32 Å². The Kier molecular flexibility index (Phi) is 5.22. The number of carbonyl (C=O) groups is 1. The van der Waals surface area contributed by atoms with Crippen molar-refractivity contribution >= 4 is 6.29 Å². The first-order valence-corrected chi connectivity index (χ1v) is 3.76. The molecular weight excluding hydrogens is 138 g/mol. The van der Waals surface area contributed by atoms with E-state index in [1.807, 2.05) is 0 Å². The molecule has 62 valence electrons. The molecule has 0 heterocycles. The number of rotatable bonds is 5. The van der Waals surface area contributed by atoms with Crippen LogP contribution in [0.4, 0.5) is 0 Å². The highest BCUT2D eigenvalue weighted by Gasteiger charge is 2.05. The lowest BCUT2D eigenvalue weighted by Crippen LogP contribution is -2.27. The second-order valence-corrected chi connectivity index (χ2v) is 2.89. The van der Waals surface area contributed by atoms with Crippen molar-refractivity contribution in [2.24, 2.45) is 5.92 Å². The SMILES string of the molecule is C=C=CN[C@H](C=O)CC(C)C. The topological polar surface area (TPSA) is 29.1 Å². The quantitative estimate of drug-likeness (QED) is 0.479. The first-order valence-electron chi connectivity index (χ1n) is 3.76. The van der Waals surface area contributed by atoms with Crippen LogP contribution in [0.2, 0.25) is 0 Å². The van der Waals surface area contributed by atoms with Crippen LogP contribution in [0.15, 0.2) is 18.5 Å². The van der Waals surface area contributed by atoms with Gasteiger partial charge in [-0.05, 0) is 12.3 Å². The van der Waals surface area contributed by atoms with Gasteiger partial charge < -0.3 is 10.1 Å². The average molecular weight is 153 g/mol. The number of nitrogens with one attached hydrogen (secondary N) is 1. The monoisotopic (exact) mass is 153 g/mol. The van der Waals surface area contributed by atoms with E-state index in [-0.39, 0.29) is 6.04 Å². The molecule has 2 heteroatoms. The summed E-state index contributed by atoms with van der Waals surface area (Å²) in [6, 6.07) is -0.0933. The summed E-state index contributed by atoms with van der Waals surface area (Å²) in [6.07, 6.45) is 3.33. The first kappa shape index (κ1) is 9.99. The fourth-order valence-electron chi connectivity index (χ4n) is 0.837. The molecule has 0 saturated carbocycles. The van der Waals surface area contributed by atoms with Gasteiger partial charge in [0.1, 0.15) is 6.29 Å². The Morgan fingerprint density at radius 3 is 2.64 bits per heavy atom. The van der Waals surface area contributed by atoms with Crippen LogP contribution in [0.3, 0.4) is 0 Å². The number of carbonyl (C=O) groups excluding carboxylic acids is 1. The second-order valence-electron chi connectivity index (χ2n) is 2.89. The van der Waals surface area contributed by atoms with E-state index in [2.05, 4.69) is 31.5 Å². The van der Waals surface area contributed by atoms with E-state index in [0.717, 1.165) is 12.7 Å². The van der Waals surface area contributed by atoms with Crippen molar-refractivity contribution in [1.29, 1.82) is 0 Å². The lowest BCUT2D eigenvalue weighted by Gasteiger charge is -2.11. The van der Waals surface area contributed by atoms with Crippen molar-refractivity contribution in [2.45, 2.75) is 26.3 Å². The minimum absolute atomic E-state index is 0.0933. The highest BCUT2D eigenvalue weighted by molar-refractivity contribution is 5.57. The van der Waals surface area contributed by atoms with Crippen molar-refractivity contribution in [3.8, 4) is 0 Å². The van der Waals surface area contributed by atoms with Gasteiger partial charge in [-0.25, -0.2) is 0 Å². The summed E-state index contributed by atoms with van der Waals surface area (Å²) in [5, 5.41) is 2.88. The number of aldehydes is 1. The molecule has 2 nitrogen and oxygen atoms in total. The third-order valence-corrected chi connectivity index (χ3v) is 1.29. The third-order valence-electron chi connectivity index (χ3n) is 1.29. The summed E-state index contributed by atoms with van der Waals surface area (Å²) >= 11 is 0. The molecule has 0 saturated heterocycles. The van der Waals surface area contributed by atoms with Gasteiger partial charge in [0.05, 0.1) is 6.04 Å². The molecule has 0 amide bonds. The van der Waals surface area contributed by atoms with Crippen molar-refractivity contribution in [1.82, 2.24) is 5.32 Å². The minimum atomic E-state index is -0.0933. The molecule has 0 radical (unpaired) electrons. The molecule has 11 heavy (non-hydrogen) atoms. The predicted molar refractivity (Wildman–Crippen MR) is 46.2 cm³/mol. The summed E-state index contributed by atoms with van der Waals surface area (Å²) in [6.45, 7) is 7.55. The van der Waals surface area contributed by atoms with Gasteiger partial charge in [-0.15, -0.1) is 5.73 Å². The van der Waals surface area contributed by atoms with E-state index in [9.17, 15) is 4.79 Å². The zero-order valence-corrected chi connectivity index (χ0v) is 7.13. The van der Waals surface area contributed by atoms with Gasteiger partial charge in [-0.2, -0.15) is 0 Å². The predicted octanol–water partition coefficient (Wildman–Crippen LogP) is 1.49. The fourth-order valence-corrected chi connectivity index (χ4v) is 0.837. The molecule has 0 aromatic carbocycles. The molecule has 0 spiro atoms. The molecule has 0 unspecified atom stereocenters. The Bertz CT molecular complexity index is 157. The van der Waals surface area contributed by atoms with Crippen molar-refractivity contribution in [3.05, 3.63) is 18.5 Å². The molecule has 0 aliphatic rings. The van der Waals surface area contributed by atoms with Crippen LogP contribution in [-0.4, -0.2) is 12.3 Å². The second kappa shape index (κ2) is 5.75. The van der Waals surface area contributed by atoms with Gasteiger partial charge in [-0.3, -0.25) is 0 Å². The molecular formula is C9H15NO. The molecule has 0 aromatic rings. The summed E-state index contributed by atoms with van der Waals surface area (Å²) in [5.74, 6) is 0.524. The highest BCUT2D eigenvalue weighted by atomic mass is 16.1. The standard InChI is InChI=1S/C9H15NO/c1-4-5-10-9(7-11)6-8(2)3/h5,7-10H,1,6H2,2-3H3/t9-/m0/s1. The van der Waals surface area contributed by atoms with Gasteiger partial charge in [0.25, 0.3) is 0 Å². The number of hydrogen-bond acceptors (Lipinski definition) is 2. The normalized spacial score (nSPS) is 11.9. The van der Waals surface area contributed by atoms with E-state index in [4.69, 9.17) is 0 Å². The Hall–Kier alpha value is -1.01. The van der Waals surface area contributed by atoms with Crippen LogP contribution in [0.1, 0.15) is 20.3 Å². The van der Waals surface area contributed by atoms with E-state index in [1.165, 1.54) is 0 Å². The lowest BCUT2D eigenvalue weighted by molar-refractivity contribution is -0.109. The molecule has 1 N–H and O–H groups in total. The van der Waals surface area contributed by atoms with Gasteiger partial charge in [0.2, 0.25) is 0 Å². The molecule has 1 atom stereocenters. The van der Waals surface area contributed by atoms with E-state index in [0.29, 0.717) is 5.92 Å². The summed E-state index contributed by atoms with van der Waals surface area (Å²) in [4.78, 5) is 10.4. The smallest absolute Gasteiger partial charge is 0.142 e. The largest absolute Gasteiger partial charge is 0.375 e. The number of hydrogen-bond donors (Lipinski definition) is 1. The minimum Gasteiger partial charge on any atom is -0.375 e. The Morgan fingerprint density at radius 1 is 1.64 bits per heavy atom. The summed E-state index contributed by atoms with van der Waals surface area (Å²) < 4.78 is 0. The van der Waals surface area contributed by atoms with Crippen molar-refractivity contribution in [2.75, 3.05) is 0 Å². The Morgan fingerprint density at radius 2 is 2.27 bits per heavy atom. The van der Waals surface area contributed by atoms with Crippen LogP contribution in [0, 0.1) is 5.92 Å². The molecule has 0 bridgehead atoms. The van der Waals surface area contributed by atoms with E-state index < -0.39 is 0 Å². The lowest BCUT2D eigenvalue weighted by atomic mass is 10.1. The van der Waals surface area contributed by atoms with Gasteiger partial charge in [-0.1, -0.05) is 20.4 Å². The van der Waals surface area contributed by atoms with Gasteiger partial charge in [0.15, 0.2) is 0 Å². The van der Waals surface area contributed by atoms with Crippen molar-refractivity contribution < 1.29 is 4.79 Å². The zero-order valence-electron chi connectivity index (χ0n) is 7.13. The Balaban J connectivity index is 3.75. The molecule has 0 fully saturated rings. The fraction of sp³-hybridized carbons (Fsp3) is 0.556. The maximum absolute atomic E-state index is 10.4. The van der Waals surface area contributed by atoms with Crippen LogP contribution in [-0.2, 0) is 4.79 Å². The van der Waals surface area contributed by atoms with Crippen LogP contribution in [0.5, 0.6) is 0 Å². The molecule has 0 aromatic heterocycles. The maximum atomic E-state index is 10.4. The van der Waals surface area contributed by atoms with E-state index >= 15 is 0 Å². The zero-order chi connectivity index (χ0) is 8.69. The average Bonchev–Trinajstić information content (AvgIpc) is 1.97. The summed E-state index contributed by atoms with van der Waals surface area (Å²) in [5.41, 5.74) is 2.56. The van der Waals surface area contributed by atoms with Crippen molar-refractivity contribution in [3.63, 3.8) is 0 Å². The molecule has 0 aliphatic heterocycles. The van der Waals surface area contributed by atoms with E-state index in [1.54, 1.807) is 6.20 Å².